The Morgan fingerprint density at radius 2 is 2.11 bits per heavy atom. The Labute approximate surface area is 112 Å². The lowest BCUT2D eigenvalue weighted by Gasteiger charge is -2.16. The van der Waals surface area contributed by atoms with E-state index < -0.39 is 0 Å². The summed E-state index contributed by atoms with van der Waals surface area (Å²) in [4.78, 5) is 0. The van der Waals surface area contributed by atoms with Gasteiger partial charge in [-0.2, -0.15) is 0 Å². The smallest absolute Gasteiger partial charge is 0.145 e. The first-order chi connectivity index (χ1) is 9.10. The summed E-state index contributed by atoms with van der Waals surface area (Å²) in [5.41, 5.74) is 0.754. The van der Waals surface area contributed by atoms with E-state index in [1.54, 1.807) is 6.07 Å². The van der Waals surface area contributed by atoms with Gasteiger partial charge in [0, 0.05) is 6.07 Å². The van der Waals surface area contributed by atoms with Crippen molar-refractivity contribution in [2.24, 2.45) is 0 Å². The fraction of sp³-hybridized carbons (Fsp3) is 0.333. The normalized spacial score (nSPS) is 12.2. The third-order valence-electron chi connectivity index (χ3n) is 2.80. The van der Waals surface area contributed by atoms with E-state index in [0.29, 0.717) is 12.4 Å². The average Bonchev–Trinajstić information content (AvgIpc) is 2.80. The van der Waals surface area contributed by atoms with Crippen LogP contribution in [-0.2, 0) is 0 Å². The summed E-state index contributed by atoms with van der Waals surface area (Å²) in [5, 5.41) is 3.27. The lowest BCUT2D eigenvalue weighted by atomic mass is 10.2. The fourth-order valence-corrected chi connectivity index (χ4v) is 1.88. The number of anilines is 1. The van der Waals surface area contributed by atoms with E-state index in [0.717, 1.165) is 17.2 Å². The molecule has 0 saturated carbocycles. The van der Waals surface area contributed by atoms with Crippen molar-refractivity contribution in [2.45, 2.75) is 26.8 Å². The van der Waals surface area contributed by atoms with Crippen LogP contribution in [0.1, 0.15) is 31.4 Å². The van der Waals surface area contributed by atoms with Crippen molar-refractivity contribution in [2.75, 3.05) is 11.9 Å². The number of ether oxygens (including phenoxy) is 1. The zero-order valence-corrected chi connectivity index (χ0v) is 11.4. The van der Waals surface area contributed by atoms with Crippen molar-refractivity contribution >= 4 is 5.69 Å². The Bertz CT molecular complexity index is 551. The van der Waals surface area contributed by atoms with Gasteiger partial charge in [-0.05, 0) is 45.0 Å². The molecule has 1 heterocycles. The maximum absolute atomic E-state index is 13.2. The molecule has 1 aromatic carbocycles. The van der Waals surface area contributed by atoms with Gasteiger partial charge in [0.2, 0.25) is 0 Å². The average molecular weight is 263 g/mol. The zero-order chi connectivity index (χ0) is 13.8. The largest absolute Gasteiger partial charge is 0.492 e. The van der Waals surface area contributed by atoms with E-state index in [1.165, 1.54) is 12.1 Å². The van der Waals surface area contributed by atoms with Crippen LogP contribution in [0.25, 0.3) is 0 Å². The van der Waals surface area contributed by atoms with Crippen LogP contribution in [0.5, 0.6) is 5.75 Å². The highest BCUT2D eigenvalue weighted by Gasteiger charge is 2.12. The van der Waals surface area contributed by atoms with Crippen molar-refractivity contribution in [1.82, 2.24) is 0 Å². The Balaban J connectivity index is 2.18. The van der Waals surface area contributed by atoms with Crippen molar-refractivity contribution < 1.29 is 13.5 Å². The summed E-state index contributed by atoms with van der Waals surface area (Å²) in [7, 11) is 0. The van der Waals surface area contributed by atoms with Crippen molar-refractivity contribution in [3.05, 3.63) is 47.7 Å². The standard InChI is InChI=1S/C15H18FNO2/c1-4-18-15-9-12(16)6-7-13(15)17-11(3)14-8-5-10(2)19-14/h5-9,11,17H,4H2,1-3H3. The molecule has 0 aliphatic carbocycles. The molecule has 0 amide bonds. The van der Waals surface area contributed by atoms with Gasteiger partial charge in [0.1, 0.15) is 23.1 Å². The van der Waals surface area contributed by atoms with Gasteiger partial charge in [0.05, 0.1) is 18.3 Å². The molecule has 0 spiro atoms. The molecular weight excluding hydrogens is 245 g/mol. The van der Waals surface area contributed by atoms with Crippen LogP contribution in [0, 0.1) is 12.7 Å². The molecule has 0 bridgehead atoms. The molecule has 0 aliphatic rings. The van der Waals surface area contributed by atoms with Gasteiger partial charge in [-0.1, -0.05) is 0 Å². The quantitative estimate of drug-likeness (QED) is 0.873. The first kappa shape index (κ1) is 13.5. The van der Waals surface area contributed by atoms with Gasteiger partial charge < -0.3 is 14.5 Å². The number of nitrogens with one attached hydrogen (secondary N) is 1. The summed E-state index contributed by atoms with van der Waals surface area (Å²) in [6, 6.07) is 8.29. The van der Waals surface area contributed by atoms with E-state index in [4.69, 9.17) is 9.15 Å². The minimum Gasteiger partial charge on any atom is -0.492 e. The molecule has 1 N–H and O–H groups in total. The SMILES string of the molecule is CCOc1cc(F)ccc1NC(C)c1ccc(C)o1. The van der Waals surface area contributed by atoms with Gasteiger partial charge in [-0.15, -0.1) is 0 Å². The molecule has 2 aromatic rings. The van der Waals surface area contributed by atoms with E-state index >= 15 is 0 Å². The third kappa shape index (κ3) is 3.28. The van der Waals surface area contributed by atoms with Crippen LogP contribution in [-0.4, -0.2) is 6.61 Å². The number of halogens is 1. The molecule has 1 unspecified atom stereocenters. The van der Waals surface area contributed by atoms with Crippen molar-refractivity contribution in [1.29, 1.82) is 0 Å². The fourth-order valence-electron chi connectivity index (χ4n) is 1.88. The van der Waals surface area contributed by atoms with Crippen LogP contribution in [0.3, 0.4) is 0 Å². The lowest BCUT2D eigenvalue weighted by Crippen LogP contribution is -2.07. The van der Waals surface area contributed by atoms with Gasteiger partial charge in [-0.25, -0.2) is 4.39 Å². The van der Waals surface area contributed by atoms with E-state index in [2.05, 4.69) is 5.32 Å². The molecule has 1 aromatic heterocycles. The van der Waals surface area contributed by atoms with Gasteiger partial charge in [0.15, 0.2) is 0 Å². The summed E-state index contributed by atoms with van der Waals surface area (Å²) in [6.45, 7) is 6.25. The number of hydrogen-bond acceptors (Lipinski definition) is 3. The number of aryl methyl sites for hydroxylation is 1. The predicted molar refractivity (Wildman–Crippen MR) is 73.1 cm³/mol. The van der Waals surface area contributed by atoms with Gasteiger partial charge in [0.25, 0.3) is 0 Å². The molecular formula is C15H18FNO2. The Kier molecular flexibility index (Phi) is 4.10. The molecule has 1 atom stereocenters. The molecule has 0 radical (unpaired) electrons. The minimum atomic E-state index is -0.310. The topological polar surface area (TPSA) is 34.4 Å². The van der Waals surface area contributed by atoms with Crippen molar-refractivity contribution in [3.63, 3.8) is 0 Å². The predicted octanol–water partition coefficient (Wildman–Crippen LogP) is 4.30. The van der Waals surface area contributed by atoms with Gasteiger partial charge in [-0.3, -0.25) is 0 Å². The highest BCUT2D eigenvalue weighted by molar-refractivity contribution is 5.57. The monoisotopic (exact) mass is 263 g/mol. The molecule has 4 heteroatoms. The Hall–Kier alpha value is -1.97. The minimum absolute atomic E-state index is 0.0154. The highest BCUT2D eigenvalue weighted by Crippen LogP contribution is 2.29. The summed E-state index contributed by atoms with van der Waals surface area (Å²) >= 11 is 0. The molecule has 2 rings (SSSR count). The summed E-state index contributed by atoms with van der Waals surface area (Å²) < 4.78 is 24.2. The second-order valence-electron chi connectivity index (χ2n) is 4.39. The second-order valence-corrected chi connectivity index (χ2v) is 4.39. The molecule has 0 aliphatic heterocycles. The Morgan fingerprint density at radius 1 is 1.32 bits per heavy atom. The lowest BCUT2D eigenvalue weighted by molar-refractivity contribution is 0.339. The molecule has 102 valence electrons. The molecule has 0 fully saturated rings. The zero-order valence-electron chi connectivity index (χ0n) is 11.4. The van der Waals surface area contributed by atoms with Gasteiger partial charge >= 0.3 is 0 Å². The summed E-state index contributed by atoms with van der Waals surface area (Å²) in [5.74, 6) is 1.91. The van der Waals surface area contributed by atoms with E-state index in [9.17, 15) is 4.39 Å². The van der Waals surface area contributed by atoms with E-state index in [-0.39, 0.29) is 11.9 Å². The number of rotatable bonds is 5. The molecule has 0 saturated heterocycles. The van der Waals surface area contributed by atoms with Crippen LogP contribution in [0.2, 0.25) is 0 Å². The number of hydrogen-bond donors (Lipinski definition) is 1. The highest BCUT2D eigenvalue weighted by atomic mass is 19.1. The summed E-state index contributed by atoms with van der Waals surface area (Å²) in [6.07, 6.45) is 0. The second kappa shape index (κ2) is 5.78. The number of furan rings is 1. The van der Waals surface area contributed by atoms with Crippen LogP contribution < -0.4 is 10.1 Å². The van der Waals surface area contributed by atoms with Crippen LogP contribution >= 0.6 is 0 Å². The molecule has 19 heavy (non-hydrogen) atoms. The maximum atomic E-state index is 13.2. The molecule has 3 nitrogen and oxygen atoms in total. The first-order valence-corrected chi connectivity index (χ1v) is 6.35. The van der Waals surface area contributed by atoms with Crippen LogP contribution in [0.4, 0.5) is 10.1 Å². The van der Waals surface area contributed by atoms with E-state index in [1.807, 2.05) is 32.9 Å². The van der Waals surface area contributed by atoms with Crippen LogP contribution in [0.15, 0.2) is 34.7 Å². The van der Waals surface area contributed by atoms with Crippen molar-refractivity contribution in [3.8, 4) is 5.75 Å². The number of benzene rings is 1. The maximum Gasteiger partial charge on any atom is 0.145 e. The third-order valence-corrected chi connectivity index (χ3v) is 2.80. The Morgan fingerprint density at radius 3 is 2.74 bits per heavy atom. The first-order valence-electron chi connectivity index (χ1n) is 6.35.